The highest BCUT2D eigenvalue weighted by molar-refractivity contribution is 9.10. The third-order valence-corrected chi connectivity index (χ3v) is 5.43. The SMILES string of the molecule is O=C(NC1CC1)C1CCN(C(=O)CCCOc2ccccc2Br)CC1. The quantitative estimate of drug-likeness (QED) is 0.704. The molecule has 2 amide bonds. The molecule has 1 aromatic rings. The van der Waals surface area contributed by atoms with Crippen LogP contribution in [-0.2, 0) is 9.59 Å². The monoisotopic (exact) mass is 408 g/mol. The zero-order valence-corrected chi connectivity index (χ0v) is 16.0. The van der Waals surface area contributed by atoms with Gasteiger partial charge in [-0.2, -0.15) is 0 Å². The Kier molecular flexibility index (Phi) is 6.34. The molecular weight excluding hydrogens is 384 g/mol. The number of hydrogen-bond donors (Lipinski definition) is 1. The molecule has 1 N–H and O–H groups in total. The second-order valence-corrected chi connectivity index (χ2v) is 7.67. The molecule has 5 nitrogen and oxygen atoms in total. The summed E-state index contributed by atoms with van der Waals surface area (Å²) in [4.78, 5) is 26.3. The predicted molar refractivity (Wildman–Crippen MR) is 99.3 cm³/mol. The number of carbonyl (C=O) groups excluding carboxylic acids is 2. The van der Waals surface area contributed by atoms with Gasteiger partial charge in [0.2, 0.25) is 11.8 Å². The number of benzene rings is 1. The van der Waals surface area contributed by atoms with Crippen LogP contribution in [0.25, 0.3) is 0 Å². The zero-order valence-electron chi connectivity index (χ0n) is 14.4. The number of nitrogens with one attached hydrogen (secondary N) is 1. The molecule has 1 saturated heterocycles. The Morgan fingerprint density at radius 3 is 2.56 bits per heavy atom. The fourth-order valence-corrected chi connectivity index (χ4v) is 3.46. The second kappa shape index (κ2) is 8.70. The van der Waals surface area contributed by atoms with Crippen molar-refractivity contribution in [3.05, 3.63) is 28.7 Å². The van der Waals surface area contributed by atoms with Crippen molar-refractivity contribution in [3.8, 4) is 5.75 Å². The van der Waals surface area contributed by atoms with Gasteiger partial charge in [-0.3, -0.25) is 9.59 Å². The average molecular weight is 409 g/mol. The van der Waals surface area contributed by atoms with Crippen molar-refractivity contribution in [2.24, 2.45) is 5.92 Å². The van der Waals surface area contributed by atoms with Gasteiger partial charge in [-0.05, 0) is 60.2 Å². The van der Waals surface area contributed by atoms with Crippen LogP contribution in [0.1, 0.15) is 38.5 Å². The van der Waals surface area contributed by atoms with E-state index in [1.54, 1.807) is 0 Å². The number of para-hydroxylation sites is 1. The molecule has 2 fully saturated rings. The fraction of sp³-hybridized carbons (Fsp3) is 0.579. The number of ether oxygens (including phenoxy) is 1. The second-order valence-electron chi connectivity index (χ2n) is 6.82. The molecule has 25 heavy (non-hydrogen) atoms. The average Bonchev–Trinajstić information content (AvgIpc) is 3.44. The first-order chi connectivity index (χ1) is 12.1. The minimum atomic E-state index is 0.0726. The molecule has 0 bridgehead atoms. The van der Waals surface area contributed by atoms with Crippen LogP contribution in [0.4, 0.5) is 0 Å². The summed E-state index contributed by atoms with van der Waals surface area (Å²) in [6, 6.07) is 8.12. The smallest absolute Gasteiger partial charge is 0.223 e. The number of rotatable bonds is 7. The van der Waals surface area contributed by atoms with E-state index >= 15 is 0 Å². The van der Waals surface area contributed by atoms with Crippen molar-refractivity contribution >= 4 is 27.7 Å². The first-order valence-electron chi connectivity index (χ1n) is 9.09. The lowest BCUT2D eigenvalue weighted by molar-refractivity contribution is -0.135. The number of halogens is 1. The highest BCUT2D eigenvalue weighted by Crippen LogP contribution is 2.24. The van der Waals surface area contributed by atoms with Crippen molar-refractivity contribution < 1.29 is 14.3 Å². The summed E-state index contributed by atoms with van der Waals surface area (Å²) < 4.78 is 6.62. The standard InChI is InChI=1S/C19H25BrN2O3/c20-16-4-1-2-5-17(16)25-13-3-6-18(23)22-11-9-14(10-12-22)19(24)21-15-7-8-15/h1-2,4-5,14-15H,3,6-13H2,(H,21,24). The molecule has 6 heteroatoms. The Balaban J connectivity index is 1.32. The first-order valence-corrected chi connectivity index (χ1v) is 9.88. The Hall–Kier alpha value is -1.56. The lowest BCUT2D eigenvalue weighted by atomic mass is 9.95. The summed E-state index contributed by atoms with van der Waals surface area (Å²) in [6.45, 7) is 1.90. The molecule has 0 radical (unpaired) electrons. The molecule has 1 heterocycles. The van der Waals surface area contributed by atoms with Crippen molar-refractivity contribution in [1.29, 1.82) is 0 Å². The van der Waals surface area contributed by atoms with Gasteiger partial charge < -0.3 is 15.0 Å². The molecule has 1 saturated carbocycles. The van der Waals surface area contributed by atoms with E-state index in [0.29, 0.717) is 38.6 Å². The van der Waals surface area contributed by atoms with Crippen LogP contribution in [0.15, 0.2) is 28.7 Å². The van der Waals surface area contributed by atoms with Crippen molar-refractivity contribution in [2.75, 3.05) is 19.7 Å². The van der Waals surface area contributed by atoms with E-state index in [1.807, 2.05) is 29.2 Å². The van der Waals surface area contributed by atoms with E-state index in [-0.39, 0.29) is 17.7 Å². The van der Waals surface area contributed by atoms with Crippen LogP contribution in [0.5, 0.6) is 5.75 Å². The van der Waals surface area contributed by atoms with Crippen LogP contribution >= 0.6 is 15.9 Å². The van der Waals surface area contributed by atoms with Crippen LogP contribution in [0.2, 0.25) is 0 Å². The molecule has 1 aliphatic heterocycles. The summed E-state index contributed by atoms with van der Waals surface area (Å²) in [5.74, 6) is 1.22. The van der Waals surface area contributed by atoms with Gasteiger partial charge in [0.1, 0.15) is 5.75 Å². The lowest BCUT2D eigenvalue weighted by Gasteiger charge is -2.31. The summed E-state index contributed by atoms with van der Waals surface area (Å²) in [5.41, 5.74) is 0. The summed E-state index contributed by atoms with van der Waals surface area (Å²) in [5, 5.41) is 3.07. The number of amides is 2. The van der Waals surface area contributed by atoms with E-state index in [1.165, 1.54) is 0 Å². The molecule has 136 valence electrons. The van der Waals surface area contributed by atoms with Crippen LogP contribution in [0.3, 0.4) is 0 Å². The first kappa shape index (κ1) is 18.2. The van der Waals surface area contributed by atoms with Crippen molar-refractivity contribution in [3.63, 3.8) is 0 Å². The maximum Gasteiger partial charge on any atom is 0.223 e. The third kappa shape index (κ3) is 5.46. The highest BCUT2D eigenvalue weighted by Gasteiger charge is 2.30. The number of hydrogen-bond acceptors (Lipinski definition) is 3. The molecule has 1 aliphatic carbocycles. The number of likely N-dealkylation sites (tertiary alicyclic amines) is 1. The van der Waals surface area contributed by atoms with Gasteiger partial charge in [0, 0.05) is 31.5 Å². The van der Waals surface area contributed by atoms with E-state index in [4.69, 9.17) is 4.74 Å². The predicted octanol–water partition coefficient (Wildman–Crippen LogP) is 3.13. The topological polar surface area (TPSA) is 58.6 Å². The summed E-state index contributed by atoms with van der Waals surface area (Å²) in [7, 11) is 0. The van der Waals surface area contributed by atoms with E-state index < -0.39 is 0 Å². The molecule has 1 aromatic carbocycles. The number of piperidine rings is 1. The minimum absolute atomic E-state index is 0.0726. The van der Waals surface area contributed by atoms with Gasteiger partial charge in [0.25, 0.3) is 0 Å². The summed E-state index contributed by atoms with van der Waals surface area (Å²) in [6.07, 6.45) is 4.97. The molecule has 3 rings (SSSR count). The maximum atomic E-state index is 12.3. The number of carbonyl (C=O) groups is 2. The van der Waals surface area contributed by atoms with E-state index in [2.05, 4.69) is 21.2 Å². The highest BCUT2D eigenvalue weighted by atomic mass is 79.9. The third-order valence-electron chi connectivity index (χ3n) is 4.77. The van der Waals surface area contributed by atoms with Gasteiger partial charge in [-0.25, -0.2) is 0 Å². The molecule has 0 unspecified atom stereocenters. The summed E-state index contributed by atoms with van der Waals surface area (Å²) >= 11 is 3.44. The van der Waals surface area contributed by atoms with Gasteiger partial charge in [0.15, 0.2) is 0 Å². The Labute approximate surface area is 157 Å². The minimum Gasteiger partial charge on any atom is -0.492 e. The van der Waals surface area contributed by atoms with Gasteiger partial charge >= 0.3 is 0 Å². The van der Waals surface area contributed by atoms with E-state index in [0.717, 1.165) is 35.9 Å². The van der Waals surface area contributed by atoms with Crippen LogP contribution < -0.4 is 10.1 Å². The fourth-order valence-electron chi connectivity index (χ4n) is 3.06. The van der Waals surface area contributed by atoms with Crippen molar-refractivity contribution in [2.45, 2.75) is 44.6 Å². The molecule has 0 spiro atoms. The van der Waals surface area contributed by atoms with Gasteiger partial charge in [-0.15, -0.1) is 0 Å². The number of nitrogens with zero attached hydrogens (tertiary/aromatic N) is 1. The Morgan fingerprint density at radius 2 is 1.88 bits per heavy atom. The molecule has 2 aliphatic rings. The lowest BCUT2D eigenvalue weighted by Crippen LogP contribution is -2.43. The van der Waals surface area contributed by atoms with Crippen LogP contribution in [0, 0.1) is 5.92 Å². The maximum absolute atomic E-state index is 12.3. The largest absolute Gasteiger partial charge is 0.492 e. The molecular formula is C19H25BrN2O3. The molecule has 0 aromatic heterocycles. The van der Waals surface area contributed by atoms with Gasteiger partial charge in [-0.1, -0.05) is 12.1 Å². The van der Waals surface area contributed by atoms with Crippen molar-refractivity contribution in [1.82, 2.24) is 10.2 Å². The molecule has 0 atom stereocenters. The normalized spacial score (nSPS) is 18.0. The van der Waals surface area contributed by atoms with Crippen LogP contribution in [-0.4, -0.2) is 42.5 Å². The Bertz CT molecular complexity index is 610. The van der Waals surface area contributed by atoms with Gasteiger partial charge in [0.05, 0.1) is 11.1 Å². The zero-order chi connectivity index (χ0) is 17.6. The van der Waals surface area contributed by atoms with E-state index in [9.17, 15) is 9.59 Å². The Morgan fingerprint density at radius 1 is 1.16 bits per heavy atom.